The second-order valence-electron chi connectivity index (χ2n) is 7.80. The predicted molar refractivity (Wildman–Crippen MR) is 95.3 cm³/mol. The minimum absolute atomic E-state index is 0.168. The average Bonchev–Trinajstić information content (AvgIpc) is 3.24. The molecule has 0 aromatic heterocycles. The molecule has 148 valence electrons. The Morgan fingerprint density at radius 1 is 1.25 bits per heavy atom. The summed E-state index contributed by atoms with van der Waals surface area (Å²) in [5.74, 6) is -3.69. The number of benzene rings is 1. The van der Waals surface area contributed by atoms with E-state index in [0.29, 0.717) is 24.2 Å². The summed E-state index contributed by atoms with van der Waals surface area (Å²) in [5, 5.41) is 15.6. The molecule has 0 radical (unpaired) electrons. The van der Waals surface area contributed by atoms with E-state index < -0.39 is 29.4 Å². The van der Waals surface area contributed by atoms with Crippen LogP contribution in [-0.2, 0) is 24.7 Å². The van der Waals surface area contributed by atoms with Gasteiger partial charge in [0.2, 0.25) is 17.4 Å². The number of para-hydroxylation sites is 1. The first-order valence-electron chi connectivity index (χ1n) is 9.74. The molecule has 2 fully saturated rings. The van der Waals surface area contributed by atoms with Crippen LogP contribution in [0.1, 0.15) is 38.2 Å². The van der Waals surface area contributed by atoms with Gasteiger partial charge in [-0.25, -0.2) is 0 Å². The van der Waals surface area contributed by atoms with E-state index in [4.69, 9.17) is 0 Å². The van der Waals surface area contributed by atoms with Crippen molar-refractivity contribution in [2.24, 2.45) is 11.8 Å². The molecule has 3 amide bonds. The number of carbonyl (C=O) groups excluding carboxylic acids is 4. The van der Waals surface area contributed by atoms with Crippen LogP contribution >= 0.6 is 0 Å². The van der Waals surface area contributed by atoms with Crippen molar-refractivity contribution in [1.29, 1.82) is 0 Å². The number of nitrogens with one attached hydrogen (secondary N) is 1. The van der Waals surface area contributed by atoms with Gasteiger partial charge in [-0.1, -0.05) is 31.5 Å². The Kier molecular flexibility index (Phi) is 4.45. The highest BCUT2D eigenvalue weighted by Crippen LogP contribution is 2.49. The van der Waals surface area contributed by atoms with Crippen molar-refractivity contribution < 1.29 is 29.6 Å². The smallest absolute Gasteiger partial charge is 0.291 e. The molecule has 1 spiro atoms. The largest absolute Gasteiger partial charge is 0.550 e. The fraction of sp³-hybridized carbons (Fsp3) is 0.500. The summed E-state index contributed by atoms with van der Waals surface area (Å²) in [6.45, 7) is 2.30. The van der Waals surface area contributed by atoms with Crippen molar-refractivity contribution in [3.63, 3.8) is 0 Å². The number of rotatable bonds is 6. The molecule has 3 N–H and O–H groups in total. The van der Waals surface area contributed by atoms with E-state index in [9.17, 15) is 24.3 Å². The third kappa shape index (κ3) is 2.47. The molecule has 28 heavy (non-hydrogen) atoms. The summed E-state index contributed by atoms with van der Waals surface area (Å²) >= 11 is 0. The molecular formula is C20H23N3O5. The van der Waals surface area contributed by atoms with Crippen molar-refractivity contribution in [2.75, 3.05) is 11.9 Å². The number of fused-ring (bicyclic) bond motifs is 4. The van der Waals surface area contributed by atoms with Gasteiger partial charge < -0.3 is 20.5 Å². The Bertz CT molecular complexity index is 869. The second kappa shape index (κ2) is 6.70. The molecule has 1 aromatic rings. The number of hydrogen-bond acceptors (Lipinski definition) is 5. The van der Waals surface area contributed by atoms with E-state index in [-0.39, 0.29) is 30.6 Å². The normalized spacial score (nSPS) is 30.7. The molecule has 8 nitrogen and oxygen atoms in total. The van der Waals surface area contributed by atoms with Crippen LogP contribution in [-0.4, -0.2) is 41.2 Å². The van der Waals surface area contributed by atoms with Gasteiger partial charge in [0.1, 0.15) is 17.9 Å². The lowest BCUT2D eigenvalue weighted by Crippen LogP contribution is -2.99. The first kappa shape index (κ1) is 18.6. The predicted octanol–water partition coefficient (Wildman–Crippen LogP) is -1.29. The van der Waals surface area contributed by atoms with Gasteiger partial charge in [-0.05, 0) is 18.9 Å². The van der Waals surface area contributed by atoms with Gasteiger partial charge in [0.25, 0.3) is 5.91 Å². The number of quaternary nitrogens is 1. The van der Waals surface area contributed by atoms with Crippen molar-refractivity contribution >= 4 is 29.4 Å². The number of nitrogens with two attached hydrogens (primary N) is 1. The Morgan fingerprint density at radius 2 is 2.00 bits per heavy atom. The first-order chi connectivity index (χ1) is 13.4. The van der Waals surface area contributed by atoms with Gasteiger partial charge in [-0.2, -0.15) is 0 Å². The molecule has 0 unspecified atom stereocenters. The highest BCUT2D eigenvalue weighted by Gasteiger charge is 2.73. The number of hydrogen-bond donors (Lipinski definition) is 2. The van der Waals surface area contributed by atoms with E-state index in [0.717, 1.165) is 6.42 Å². The van der Waals surface area contributed by atoms with Gasteiger partial charge in [0.05, 0.1) is 5.69 Å². The number of amides is 3. The summed E-state index contributed by atoms with van der Waals surface area (Å²) in [6, 6.07) is 6.70. The number of likely N-dealkylation sites (tertiary alicyclic amines) is 1. The van der Waals surface area contributed by atoms with Crippen molar-refractivity contribution in [1.82, 2.24) is 4.90 Å². The highest BCUT2D eigenvalue weighted by atomic mass is 16.4. The number of aliphatic carboxylic acids is 1. The Labute approximate surface area is 162 Å². The molecule has 1 aromatic carbocycles. The van der Waals surface area contributed by atoms with Crippen LogP contribution in [0, 0.1) is 11.8 Å². The SMILES string of the molecule is CCCCN1C(=O)[C@H]2[C@@H](C1=O)[C@]1([NH2+][C@@H]2CCC(=O)[O-])C(=O)Nc2ccccc21. The van der Waals surface area contributed by atoms with Crippen LogP contribution in [0.2, 0.25) is 0 Å². The summed E-state index contributed by atoms with van der Waals surface area (Å²) in [7, 11) is 0. The van der Waals surface area contributed by atoms with Crippen LogP contribution in [0.5, 0.6) is 0 Å². The van der Waals surface area contributed by atoms with Crippen LogP contribution in [0.4, 0.5) is 5.69 Å². The van der Waals surface area contributed by atoms with Gasteiger partial charge in [-0.15, -0.1) is 0 Å². The Morgan fingerprint density at radius 3 is 2.71 bits per heavy atom. The van der Waals surface area contributed by atoms with E-state index in [1.54, 1.807) is 29.6 Å². The fourth-order valence-corrected chi connectivity index (χ4v) is 5.07. The number of carboxylic acid groups (broad SMARTS) is 1. The van der Waals surface area contributed by atoms with Gasteiger partial charge in [0.15, 0.2) is 0 Å². The molecule has 4 atom stereocenters. The van der Waals surface area contributed by atoms with Gasteiger partial charge in [-0.3, -0.25) is 19.3 Å². The number of anilines is 1. The lowest BCUT2D eigenvalue weighted by molar-refractivity contribution is -0.734. The standard InChI is InChI=1S/C20H23N3O5/c1-2-3-10-23-17(26)15-13(8-9-14(24)25)22-20(16(15)18(23)27)11-6-4-5-7-12(11)21-19(20)28/h4-7,13,15-16,22H,2-3,8-10H2,1H3,(H,21,28)(H,24,25)/t13-,15-,16+,20+/m1/s1. The third-order valence-corrected chi connectivity index (χ3v) is 6.28. The van der Waals surface area contributed by atoms with Crippen molar-refractivity contribution in [2.45, 2.75) is 44.2 Å². The minimum Gasteiger partial charge on any atom is -0.550 e. The van der Waals surface area contributed by atoms with Crippen molar-refractivity contribution in [3.8, 4) is 0 Å². The average molecular weight is 385 g/mol. The van der Waals surface area contributed by atoms with E-state index in [1.165, 1.54) is 4.90 Å². The molecule has 0 saturated carbocycles. The summed E-state index contributed by atoms with van der Waals surface area (Å²) in [5.41, 5.74) is 0.0886. The Hall–Kier alpha value is -2.74. The van der Waals surface area contributed by atoms with E-state index >= 15 is 0 Å². The van der Waals surface area contributed by atoms with Crippen LogP contribution in [0.15, 0.2) is 24.3 Å². The quantitative estimate of drug-likeness (QED) is 0.590. The van der Waals surface area contributed by atoms with Crippen LogP contribution in [0.25, 0.3) is 0 Å². The van der Waals surface area contributed by atoms with Crippen LogP contribution in [0.3, 0.4) is 0 Å². The van der Waals surface area contributed by atoms with E-state index in [2.05, 4.69) is 5.32 Å². The van der Waals surface area contributed by atoms with E-state index in [1.807, 2.05) is 6.92 Å². The lowest BCUT2D eigenvalue weighted by Gasteiger charge is -2.26. The second-order valence-corrected chi connectivity index (χ2v) is 7.80. The van der Waals surface area contributed by atoms with Gasteiger partial charge in [0, 0.05) is 24.5 Å². The topological polar surface area (TPSA) is 123 Å². The maximum atomic E-state index is 13.3. The Balaban J connectivity index is 1.79. The number of carbonyl (C=O) groups is 4. The number of carboxylic acids is 1. The number of imide groups is 1. The molecule has 3 heterocycles. The third-order valence-electron chi connectivity index (χ3n) is 6.28. The molecule has 3 aliphatic heterocycles. The zero-order chi connectivity index (χ0) is 20.1. The summed E-state index contributed by atoms with van der Waals surface area (Å²) < 4.78 is 0. The molecule has 0 aliphatic carbocycles. The summed E-state index contributed by atoms with van der Waals surface area (Å²) in [4.78, 5) is 51.8. The molecular weight excluding hydrogens is 362 g/mol. The van der Waals surface area contributed by atoms with Crippen LogP contribution < -0.4 is 15.7 Å². The first-order valence-corrected chi connectivity index (χ1v) is 9.74. The highest BCUT2D eigenvalue weighted by molar-refractivity contribution is 6.13. The minimum atomic E-state index is -1.23. The molecule has 3 aliphatic rings. The fourth-order valence-electron chi connectivity index (χ4n) is 5.07. The number of unbranched alkanes of at least 4 members (excludes halogenated alkanes) is 1. The zero-order valence-corrected chi connectivity index (χ0v) is 15.6. The molecule has 2 saturated heterocycles. The maximum absolute atomic E-state index is 13.3. The number of nitrogens with zero attached hydrogens (tertiary/aromatic N) is 1. The zero-order valence-electron chi connectivity index (χ0n) is 15.6. The van der Waals surface area contributed by atoms with Crippen molar-refractivity contribution in [3.05, 3.63) is 29.8 Å². The molecule has 8 heteroatoms. The van der Waals surface area contributed by atoms with Gasteiger partial charge >= 0.3 is 0 Å². The molecule has 0 bridgehead atoms. The molecule has 4 rings (SSSR count). The lowest BCUT2D eigenvalue weighted by atomic mass is 9.76. The maximum Gasteiger partial charge on any atom is 0.291 e. The summed E-state index contributed by atoms with van der Waals surface area (Å²) in [6.07, 6.45) is 1.47. The monoisotopic (exact) mass is 385 g/mol.